The van der Waals surface area contributed by atoms with E-state index in [0.29, 0.717) is 20.0 Å². The molecule has 0 aliphatic carbocycles. The number of likely N-dealkylation sites (tertiary alicyclic amines) is 1. The van der Waals surface area contributed by atoms with Gasteiger partial charge in [-0.1, -0.05) is 12.1 Å². The highest BCUT2D eigenvalue weighted by atomic mass is 19.3. The van der Waals surface area contributed by atoms with Crippen LogP contribution in [0.25, 0.3) is 0 Å². The number of pyridine rings is 1. The van der Waals surface area contributed by atoms with E-state index in [-0.39, 0.29) is 42.4 Å². The van der Waals surface area contributed by atoms with Gasteiger partial charge >= 0.3 is 17.9 Å². The summed E-state index contributed by atoms with van der Waals surface area (Å²) in [6.07, 6.45) is -2.32. The molecule has 1 saturated heterocycles. The Kier molecular flexibility index (Phi) is 10.2. The Morgan fingerprint density at radius 1 is 1.20 bits per heavy atom. The minimum atomic E-state index is -3.49. The maximum atomic E-state index is 14.7. The molecule has 1 unspecified atom stereocenters. The smallest absolute Gasteiger partial charge is 0.394 e. The molecule has 3 amide bonds. The molecule has 2 aromatic heterocycles. The summed E-state index contributed by atoms with van der Waals surface area (Å²) in [4.78, 5) is 50.7. The number of ether oxygens (including phenoxy) is 1. The minimum Gasteiger partial charge on any atom is -0.433 e. The fourth-order valence-corrected chi connectivity index (χ4v) is 4.55. The van der Waals surface area contributed by atoms with Crippen molar-refractivity contribution in [2.24, 2.45) is 5.92 Å². The molecule has 1 aliphatic rings. The van der Waals surface area contributed by atoms with Crippen molar-refractivity contribution in [3.8, 4) is 5.75 Å². The Balaban J connectivity index is 1.27. The molecule has 45 heavy (non-hydrogen) atoms. The fraction of sp³-hybridized carbons (Fsp3) is 0.429. The van der Waals surface area contributed by atoms with Crippen LogP contribution in [0.15, 0.2) is 41.5 Å². The lowest BCUT2D eigenvalue weighted by Crippen LogP contribution is -2.38. The number of alkyl halides is 3. The van der Waals surface area contributed by atoms with Crippen molar-refractivity contribution in [3.63, 3.8) is 0 Å². The van der Waals surface area contributed by atoms with E-state index in [2.05, 4.69) is 25.7 Å². The number of carbonyl (C=O) groups is 3. The number of anilines is 1. The highest BCUT2D eigenvalue weighted by Gasteiger charge is 2.29. The van der Waals surface area contributed by atoms with Crippen LogP contribution < -0.4 is 20.9 Å². The van der Waals surface area contributed by atoms with Crippen LogP contribution in [0, 0.1) is 17.6 Å². The Morgan fingerprint density at radius 2 is 1.96 bits per heavy atom. The summed E-state index contributed by atoms with van der Waals surface area (Å²) < 4.78 is 75.9. The number of aryl methyl sites for hydroxylation is 1. The van der Waals surface area contributed by atoms with Crippen molar-refractivity contribution >= 4 is 23.4 Å². The van der Waals surface area contributed by atoms with Crippen LogP contribution in [-0.4, -0.2) is 67.6 Å². The second-order valence-corrected chi connectivity index (χ2v) is 10.7. The van der Waals surface area contributed by atoms with Crippen molar-refractivity contribution in [2.45, 2.75) is 58.6 Å². The Bertz CT molecular complexity index is 1620. The number of nitrogens with zero attached hydrogens (tertiary/aromatic N) is 5. The van der Waals surface area contributed by atoms with Gasteiger partial charge in [-0.05, 0) is 43.0 Å². The quantitative estimate of drug-likeness (QED) is 0.243. The predicted octanol–water partition coefficient (Wildman–Crippen LogP) is 2.87. The van der Waals surface area contributed by atoms with Gasteiger partial charge in [0, 0.05) is 44.9 Å². The zero-order chi connectivity index (χ0) is 32.9. The molecule has 12 nitrogen and oxygen atoms in total. The van der Waals surface area contributed by atoms with Gasteiger partial charge in [0.1, 0.15) is 17.7 Å². The molecule has 3 aromatic rings. The third-order valence-electron chi connectivity index (χ3n) is 6.85. The van der Waals surface area contributed by atoms with E-state index in [0.717, 1.165) is 52.3 Å². The van der Waals surface area contributed by atoms with E-state index in [1.807, 2.05) is 6.92 Å². The predicted molar refractivity (Wildman–Crippen MR) is 148 cm³/mol. The molecule has 1 aliphatic heterocycles. The first-order valence-corrected chi connectivity index (χ1v) is 13.9. The maximum Gasteiger partial charge on any atom is 0.394 e. The van der Waals surface area contributed by atoms with Crippen LogP contribution in [0.1, 0.15) is 42.7 Å². The standard InChI is InChI=1S/C28H30F5N7O5/c1-16-5-8-39(13-16)27(44)25(42)35-21-7-10-38(26(43)23(21)31)9-6-18(29)14-40-15-22(36-37-40)24(41)34-12-17-11-19(3-4-20(17)30)45-28(2,32)33/h3-4,7,10-11,15-16,18H,5-6,8-9,12-14H2,1-2H3,(H,34,41)(H,35,42)/t16-,18?/m0/s1. The van der Waals surface area contributed by atoms with E-state index in [4.69, 9.17) is 0 Å². The number of amides is 3. The van der Waals surface area contributed by atoms with E-state index in [1.165, 1.54) is 4.90 Å². The molecule has 242 valence electrons. The van der Waals surface area contributed by atoms with Crippen molar-refractivity contribution in [2.75, 3.05) is 18.4 Å². The normalized spacial score (nSPS) is 15.5. The van der Waals surface area contributed by atoms with Gasteiger partial charge in [-0.3, -0.25) is 19.2 Å². The Labute approximate surface area is 253 Å². The zero-order valence-electron chi connectivity index (χ0n) is 24.2. The van der Waals surface area contributed by atoms with Gasteiger partial charge < -0.3 is 24.8 Å². The number of nitrogens with one attached hydrogen (secondary N) is 2. The van der Waals surface area contributed by atoms with Gasteiger partial charge in [-0.15, -0.1) is 5.10 Å². The molecular weight excluding hydrogens is 609 g/mol. The molecule has 4 rings (SSSR count). The maximum absolute atomic E-state index is 14.7. The molecule has 3 heterocycles. The second kappa shape index (κ2) is 13.9. The summed E-state index contributed by atoms with van der Waals surface area (Å²) in [5, 5.41) is 11.8. The van der Waals surface area contributed by atoms with Gasteiger partial charge in [0.2, 0.25) is 5.82 Å². The molecule has 0 spiro atoms. The fourth-order valence-electron chi connectivity index (χ4n) is 4.55. The first-order valence-electron chi connectivity index (χ1n) is 13.9. The first-order chi connectivity index (χ1) is 21.2. The topological polar surface area (TPSA) is 140 Å². The second-order valence-electron chi connectivity index (χ2n) is 10.7. The molecule has 2 atom stereocenters. The van der Waals surface area contributed by atoms with Crippen LogP contribution in [0.3, 0.4) is 0 Å². The molecule has 17 heteroatoms. The van der Waals surface area contributed by atoms with Crippen molar-refractivity contribution in [1.82, 2.24) is 29.8 Å². The summed E-state index contributed by atoms with van der Waals surface area (Å²) in [5.41, 5.74) is -1.96. The summed E-state index contributed by atoms with van der Waals surface area (Å²) in [5.74, 6) is -4.84. The van der Waals surface area contributed by atoms with Gasteiger partial charge in [-0.2, -0.15) is 13.2 Å². The van der Waals surface area contributed by atoms with Crippen LogP contribution in [0.2, 0.25) is 0 Å². The molecule has 1 aromatic carbocycles. The Morgan fingerprint density at radius 3 is 2.64 bits per heavy atom. The highest BCUT2D eigenvalue weighted by molar-refractivity contribution is 6.39. The third kappa shape index (κ3) is 8.86. The lowest BCUT2D eigenvalue weighted by atomic mass is 10.2. The number of aromatic nitrogens is 4. The molecule has 1 fully saturated rings. The molecule has 0 saturated carbocycles. The number of rotatable bonds is 11. The summed E-state index contributed by atoms with van der Waals surface area (Å²) in [6, 6.07) is 4.03. The van der Waals surface area contributed by atoms with E-state index in [1.54, 1.807) is 0 Å². The summed E-state index contributed by atoms with van der Waals surface area (Å²) in [7, 11) is 0. The lowest BCUT2D eigenvalue weighted by molar-refractivity contribution is -0.159. The minimum absolute atomic E-state index is 0.131. The summed E-state index contributed by atoms with van der Waals surface area (Å²) >= 11 is 0. The average molecular weight is 640 g/mol. The largest absolute Gasteiger partial charge is 0.433 e. The number of hydrogen-bond acceptors (Lipinski definition) is 7. The van der Waals surface area contributed by atoms with Crippen LogP contribution in [0.5, 0.6) is 5.75 Å². The number of hydrogen-bond donors (Lipinski definition) is 2. The Hall–Kier alpha value is -4.83. The van der Waals surface area contributed by atoms with Crippen molar-refractivity contribution < 1.29 is 41.1 Å². The SMILES string of the molecule is C[C@H]1CCN(C(=O)C(=O)Nc2ccn(CCC(F)Cn3cc(C(=O)NCc4cc(OC(C)(F)F)ccc4F)nn3)c(=O)c2F)C1. The molecule has 0 radical (unpaired) electrons. The average Bonchev–Trinajstić information content (AvgIpc) is 3.63. The van der Waals surface area contributed by atoms with Gasteiger partial charge in [0.15, 0.2) is 5.69 Å². The monoisotopic (exact) mass is 639 g/mol. The number of carbonyl (C=O) groups excluding carboxylic acids is 3. The van der Waals surface area contributed by atoms with Crippen LogP contribution >= 0.6 is 0 Å². The first kappa shape index (κ1) is 33.1. The number of benzene rings is 1. The zero-order valence-corrected chi connectivity index (χ0v) is 24.2. The third-order valence-corrected chi connectivity index (χ3v) is 6.85. The highest BCUT2D eigenvalue weighted by Crippen LogP contribution is 2.23. The molecule has 2 N–H and O–H groups in total. The van der Waals surface area contributed by atoms with Crippen LogP contribution in [0.4, 0.5) is 27.6 Å². The van der Waals surface area contributed by atoms with Crippen molar-refractivity contribution in [3.05, 3.63) is 69.9 Å². The number of halogens is 5. The lowest BCUT2D eigenvalue weighted by Gasteiger charge is -2.16. The van der Waals surface area contributed by atoms with Crippen LogP contribution in [-0.2, 0) is 29.2 Å². The molecule has 0 bridgehead atoms. The van der Waals surface area contributed by atoms with Gasteiger partial charge in [0.25, 0.3) is 11.5 Å². The van der Waals surface area contributed by atoms with Gasteiger partial charge in [-0.25, -0.2) is 13.5 Å². The van der Waals surface area contributed by atoms with E-state index in [9.17, 15) is 41.1 Å². The van der Waals surface area contributed by atoms with E-state index < -0.39 is 59.4 Å². The van der Waals surface area contributed by atoms with E-state index >= 15 is 0 Å². The van der Waals surface area contributed by atoms with Gasteiger partial charge in [0.05, 0.1) is 18.4 Å². The summed E-state index contributed by atoms with van der Waals surface area (Å²) in [6.45, 7) is 2.26. The van der Waals surface area contributed by atoms with Crippen molar-refractivity contribution in [1.29, 1.82) is 0 Å². The molecular formula is C28H30F5N7O5.